The molecule has 3 nitrogen and oxygen atoms in total. The van der Waals surface area contributed by atoms with Gasteiger partial charge in [-0.15, -0.1) is 0 Å². The molecule has 1 fully saturated rings. The van der Waals surface area contributed by atoms with Crippen molar-refractivity contribution in [3.63, 3.8) is 0 Å². The van der Waals surface area contributed by atoms with Gasteiger partial charge in [-0.1, -0.05) is 0 Å². The third-order valence-electron chi connectivity index (χ3n) is 3.52. The van der Waals surface area contributed by atoms with Crippen LogP contribution in [0.5, 0.6) is 0 Å². The molecule has 0 amide bonds. The molecule has 1 N–H and O–H groups in total. The van der Waals surface area contributed by atoms with Crippen LogP contribution in [0.15, 0.2) is 0 Å². The Kier molecular flexibility index (Phi) is 7.09. The predicted molar refractivity (Wildman–Crippen MR) is 73.4 cm³/mol. The van der Waals surface area contributed by atoms with Crippen molar-refractivity contribution in [3.8, 4) is 0 Å². The maximum atomic E-state index is 5.70. The second-order valence-electron chi connectivity index (χ2n) is 5.62. The largest absolute Gasteiger partial charge is 0.377 e. The van der Waals surface area contributed by atoms with Crippen LogP contribution in [0.25, 0.3) is 0 Å². The van der Waals surface area contributed by atoms with Crippen molar-refractivity contribution < 1.29 is 4.74 Å². The summed E-state index contributed by atoms with van der Waals surface area (Å²) in [6, 6.07) is 1.26. The first kappa shape index (κ1) is 14.9. The van der Waals surface area contributed by atoms with Crippen LogP contribution in [0.1, 0.15) is 47.0 Å². The first-order chi connectivity index (χ1) is 8.11. The van der Waals surface area contributed by atoms with E-state index in [1.807, 2.05) is 0 Å². The molecule has 0 saturated carbocycles. The van der Waals surface area contributed by atoms with E-state index >= 15 is 0 Å². The van der Waals surface area contributed by atoms with Gasteiger partial charge in [0.2, 0.25) is 0 Å². The van der Waals surface area contributed by atoms with E-state index in [-0.39, 0.29) is 0 Å². The molecule has 0 aromatic rings. The van der Waals surface area contributed by atoms with Crippen molar-refractivity contribution in [1.82, 2.24) is 10.2 Å². The molecule has 0 radical (unpaired) electrons. The molecular weight excluding hydrogens is 212 g/mol. The van der Waals surface area contributed by atoms with Crippen molar-refractivity contribution in [2.75, 3.05) is 26.2 Å². The highest BCUT2D eigenvalue weighted by Gasteiger charge is 2.14. The van der Waals surface area contributed by atoms with E-state index in [1.165, 1.54) is 19.3 Å². The van der Waals surface area contributed by atoms with Crippen molar-refractivity contribution >= 4 is 0 Å². The summed E-state index contributed by atoms with van der Waals surface area (Å²) in [5.74, 6) is 0. The van der Waals surface area contributed by atoms with Crippen molar-refractivity contribution in [1.29, 1.82) is 0 Å². The van der Waals surface area contributed by atoms with Crippen LogP contribution in [0.3, 0.4) is 0 Å². The molecule has 0 bridgehead atoms. The van der Waals surface area contributed by atoms with Gasteiger partial charge in [0.25, 0.3) is 0 Å². The number of nitrogens with one attached hydrogen (secondary N) is 1. The average Bonchev–Trinajstić information content (AvgIpc) is 2.29. The van der Waals surface area contributed by atoms with Crippen molar-refractivity contribution in [2.45, 2.75) is 65.1 Å². The molecular formula is C14H30N2O. The highest BCUT2D eigenvalue weighted by molar-refractivity contribution is 4.70. The number of ether oxygens (including phenoxy) is 1. The van der Waals surface area contributed by atoms with Crippen LogP contribution in [-0.2, 0) is 4.74 Å². The Morgan fingerprint density at radius 1 is 1.18 bits per heavy atom. The summed E-state index contributed by atoms with van der Waals surface area (Å²) in [7, 11) is 0. The maximum Gasteiger partial charge on any atom is 0.0699 e. The maximum absolute atomic E-state index is 5.70. The molecule has 0 aromatic carbocycles. The first-order valence-corrected chi connectivity index (χ1v) is 7.19. The Morgan fingerprint density at radius 3 is 2.41 bits per heavy atom. The Morgan fingerprint density at radius 2 is 1.88 bits per heavy atom. The third kappa shape index (κ3) is 5.84. The lowest BCUT2D eigenvalue weighted by Gasteiger charge is -2.31. The number of hydrogen-bond acceptors (Lipinski definition) is 3. The average molecular weight is 242 g/mol. The van der Waals surface area contributed by atoms with E-state index in [4.69, 9.17) is 4.74 Å². The van der Waals surface area contributed by atoms with Crippen LogP contribution in [0, 0.1) is 0 Å². The van der Waals surface area contributed by atoms with Gasteiger partial charge in [-0.3, -0.25) is 4.90 Å². The van der Waals surface area contributed by atoms with E-state index in [0.29, 0.717) is 18.2 Å². The van der Waals surface area contributed by atoms with E-state index in [0.717, 1.165) is 26.2 Å². The lowest BCUT2D eigenvalue weighted by atomic mass is 10.1. The summed E-state index contributed by atoms with van der Waals surface area (Å²) in [5, 5.41) is 3.53. The number of hydrogen-bond donors (Lipinski definition) is 1. The minimum Gasteiger partial charge on any atom is -0.377 e. The lowest BCUT2D eigenvalue weighted by molar-refractivity contribution is 0.0165. The monoisotopic (exact) mass is 242 g/mol. The molecule has 1 heterocycles. The zero-order chi connectivity index (χ0) is 12.7. The molecule has 0 spiro atoms. The summed E-state index contributed by atoms with van der Waals surface area (Å²) in [6.45, 7) is 13.2. The quantitative estimate of drug-likeness (QED) is 0.693. The zero-order valence-corrected chi connectivity index (χ0v) is 12.0. The summed E-state index contributed by atoms with van der Waals surface area (Å²) in [4.78, 5) is 2.52. The molecule has 1 aliphatic rings. The summed E-state index contributed by atoms with van der Waals surface area (Å²) >= 11 is 0. The fourth-order valence-electron chi connectivity index (χ4n) is 2.55. The van der Waals surface area contributed by atoms with Gasteiger partial charge in [-0.05, 0) is 47.0 Å². The minimum absolute atomic E-state index is 0.454. The van der Waals surface area contributed by atoms with E-state index in [1.54, 1.807) is 0 Å². The number of nitrogens with zero attached hydrogens (tertiary/aromatic N) is 1. The van der Waals surface area contributed by atoms with E-state index in [2.05, 4.69) is 37.9 Å². The van der Waals surface area contributed by atoms with Crippen molar-refractivity contribution in [3.05, 3.63) is 0 Å². The minimum atomic E-state index is 0.454. The fraction of sp³-hybridized carbons (Fsp3) is 1.00. The summed E-state index contributed by atoms with van der Waals surface area (Å²) in [6.07, 6.45) is 4.25. The van der Waals surface area contributed by atoms with E-state index < -0.39 is 0 Å². The van der Waals surface area contributed by atoms with E-state index in [9.17, 15) is 0 Å². The third-order valence-corrected chi connectivity index (χ3v) is 3.52. The lowest BCUT2D eigenvalue weighted by Crippen LogP contribution is -2.43. The summed E-state index contributed by atoms with van der Waals surface area (Å²) in [5.41, 5.74) is 0. The number of rotatable bonds is 7. The van der Waals surface area contributed by atoms with Gasteiger partial charge >= 0.3 is 0 Å². The topological polar surface area (TPSA) is 24.5 Å². The Labute approximate surface area is 107 Å². The van der Waals surface area contributed by atoms with Gasteiger partial charge < -0.3 is 10.1 Å². The van der Waals surface area contributed by atoms with Gasteiger partial charge in [0, 0.05) is 38.3 Å². The molecule has 102 valence electrons. The van der Waals surface area contributed by atoms with Crippen LogP contribution < -0.4 is 5.32 Å². The van der Waals surface area contributed by atoms with Crippen LogP contribution in [0.2, 0.25) is 0 Å². The summed E-state index contributed by atoms with van der Waals surface area (Å²) < 4.78 is 5.70. The molecule has 17 heavy (non-hydrogen) atoms. The molecule has 3 heteroatoms. The first-order valence-electron chi connectivity index (χ1n) is 7.19. The Bertz CT molecular complexity index is 181. The SMILES string of the molecule is CC(C)N(CCNCC1CCCCO1)C(C)C. The normalized spacial score (nSPS) is 21.7. The van der Waals surface area contributed by atoms with Crippen LogP contribution in [-0.4, -0.2) is 49.3 Å². The van der Waals surface area contributed by atoms with Crippen molar-refractivity contribution in [2.24, 2.45) is 0 Å². The van der Waals surface area contributed by atoms with Gasteiger partial charge in [-0.25, -0.2) is 0 Å². The standard InChI is InChI=1S/C14H30N2O/c1-12(2)16(13(3)4)9-8-15-11-14-7-5-6-10-17-14/h12-15H,5-11H2,1-4H3. The zero-order valence-electron chi connectivity index (χ0n) is 12.0. The van der Waals surface area contributed by atoms with Gasteiger partial charge in [0.1, 0.15) is 0 Å². The Balaban J connectivity index is 2.09. The molecule has 1 rings (SSSR count). The second kappa shape index (κ2) is 8.06. The predicted octanol–water partition coefficient (Wildman–Crippen LogP) is 2.26. The molecule has 1 aliphatic heterocycles. The molecule has 0 aliphatic carbocycles. The van der Waals surface area contributed by atoms with Gasteiger partial charge in [0.05, 0.1) is 6.10 Å². The van der Waals surface area contributed by atoms with Crippen LogP contribution in [0.4, 0.5) is 0 Å². The smallest absolute Gasteiger partial charge is 0.0699 e. The highest BCUT2D eigenvalue weighted by atomic mass is 16.5. The Hall–Kier alpha value is -0.120. The molecule has 1 saturated heterocycles. The fourth-order valence-corrected chi connectivity index (χ4v) is 2.55. The van der Waals surface area contributed by atoms with Crippen LogP contribution >= 0.6 is 0 Å². The van der Waals surface area contributed by atoms with Gasteiger partial charge in [0.15, 0.2) is 0 Å². The van der Waals surface area contributed by atoms with Gasteiger partial charge in [-0.2, -0.15) is 0 Å². The second-order valence-corrected chi connectivity index (χ2v) is 5.62. The molecule has 0 aromatic heterocycles. The highest BCUT2D eigenvalue weighted by Crippen LogP contribution is 2.11. The molecule has 1 unspecified atom stereocenters. The molecule has 1 atom stereocenters.